The highest BCUT2D eigenvalue weighted by Gasteiger charge is 2.21. The Morgan fingerprint density at radius 1 is 1.48 bits per heavy atom. The van der Waals surface area contributed by atoms with E-state index < -0.39 is 0 Å². The summed E-state index contributed by atoms with van der Waals surface area (Å²) in [5.74, 6) is 0.0920. The number of aromatic nitrogens is 4. The van der Waals surface area contributed by atoms with E-state index in [1.807, 2.05) is 39.0 Å². The smallest absolute Gasteiger partial charge is 0.210 e. The predicted molar refractivity (Wildman–Crippen MR) is 83.6 cm³/mol. The second-order valence-corrected chi connectivity index (χ2v) is 6.18. The van der Waals surface area contributed by atoms with Gasteiger partial charge in [-0.2, -0.15) is 0 Å². The third kappa shape index (κ3) is 3.58. The van der Waals surface area contributed by atoms with Crippen LogP contribution in [0.2, 0.25) is 0 Å². The van der Waals surface area contributed by atoms with Gasteiger partial charge in [0.25, 0.3) is 0 Å². The lowest BCUT2D eigenvalue weighted by Crippen LogP contribution is -2.16. The van der Waals surface area contributed by atoms with Crippen LogP contribution in [0.25, 0.3) is 0 Å². The summed E-state index contributed by atoms with van der Waals surface area (Å²) >= 11 is 1.36. The second-order valence-electron chi connectivity index (χ2n) is 4.87. The van der Waals surface area contributed by atoms with E-state index >= 15 is 0 Å². The molecule has 1 aromatic carbocycles. The standard InChI is InChI=1S/C15H18N4OS/c1-5-8-19-15(16-17-18-19)21-12(4)14(20)13-9-10(2)6-7-11(13)3/h5-7,9,12H,1,8H2,2-4H3. The van der Waals surface area contributed by atoms with Crippen molar-refractivity contribution >= 4 is 17.5 Å². The Kier molecular flexibility index (Phi) is 4.90. The van der Waals surface area contributed by atoms with E-state index in [4.69, 9.17) is 0 Å². The molecule has 0 aliphatic rings. The van der Waals surface area contributed by atoms with E-state index in [1.54, 1.807) is 10.8 Å². The Balaban J connectivity index is 2.17. The van der Waals surface area contributed by atoms with Crippen molar-refractivity contribution in [1.29, 1.82) is 0 Å². The molecule has 1 heterocycles. The highest BCUT2D eigenvalue weighted by atomic mass is 32.2. The average Bonchev–Trinajstić information content (AvgIpc) is 2.88. The van der Waals surface area contributed by atoms with Crippen LogP contribution in [0.3, 0.4) is 0 Å². The molecular formula is C15H18N4OS. The molecule has 1 atom stereocenters. The maximum absolute atomic E-state index is 12.6. The van der Waals surface area contributed by atoms with Crippen LogP contribution in [0.15, 0.2) is 36.0 Å². The zero-order chi connectivity index (χ0) is 15.4. The van der Waals surface area contributed by atoms with Crippen LogP contribution in [0.1, 0.15) is 28.4 Å². The van der Waals surface area contributed by atoms with Gasteiger partial charge in [0.15, 0.2) is 5.78 Å². The molecule has 0 spiro atoms. The largest absolute Gasteiger partial charge is 0.293 e. The molecule has 0 saturated carbocycles. The number of nitrogens with zero attached hydrogens (tertiary/aromatic N) is 4. The number of ketones is 1. The molecule has 6 heteroatoms. The molecule has 0 fully saturated rings. The average molecular weight is 302 g/mol. The minimum Gasteiger partial charge on any atom is -0.293 e. The van der Waals surface area contributed by atoms with Gasteiger partial charge in [-0.15, -0.1) is 11.7 Å². The van der Waals surface area contributed by atoms with Gasteiger partial charge in [0, 0.05) is 5.56 Å². The molecule has 2 aromatic rings. The van der Waals surface area contributed by atoms with Crippen LogP contribution < -0.4 is 0 Å². The summed E-state index contributed by atoms with van der Waals surface area (Å²) in [6, 6.07) is 5.91. The van der Waals surface area contributed by atoms with E-state index in [9.17, 15) is 4.79 Å². The number of carbonyl (C=O) groups excluding carboxylic acids is 1. The van der Waals surface area contributed by atoms with Crippen LogP contribution in [0.4, 0.5) is 0 Å². The maximum Gasteiger partial charge on any atom is 0.210 e. The summed E-state index contributed by atoms with van der Waals surface area (Å²) in [7, 11) is 0. The fourth-order valence-electron chi connectivity index (χ4n) is 1.95. The zero-order valence-electron chi connectivity index (χ0n) is 12.4. The first-order chi connectivity index (χ1) is 10.0. The van der Waals surface area contributed by atoms with Gasteiger partial charge in [0.2, 0.25) is 5.16 Å². The van der Waals surface area contributed by atoms with Crippen molar-refractivity contribution < 1.29 is 4.79 Å². The topological polar surface area (TPSA) is 60.7 Å². The molecule has 2 rings (SSSR count). The summed E-state index contributed by atoms with van der Waals surface area (Å²) in [4.78, 5) is 12.6. The Morgan fingerprint density at radius 3 is 2.95 bits per heavy atom. The van der Waals surface area contributed by atoms with Gasteiger partial charge >= 0.3 is 0 Å². The molecule has 0 radical (unpaired) electrons. The summed E-state index contributed by atoms with van der Waals surface area (Å²) in [6.45, 7) is 10.0. The van der Waals surface area contributed by atoms with Crippen molar-refractivity contribution in [2.45, 2.75) is 37.7 Å². The predicted octanol–water partition coefficient (Wildman–Crippen LogP) is 2.84. The fraction of sp³-hybridized carbons (Fsp3) is 0.333. The van der Waals surface area contributed by atoms with Crippen LogP contribution in [0, 0.1) is 13.8 Å². The van der Waals surface area contributed by atoms with E-state index in [-0.39, 0.29) is 11.0 Å². The number of allylic oxidation sites excluding steroid dienone is 1. The molecule has 0 bridgehead atoms. The van der Waals surface area contributed by atoms with Gasteiger partial charge in [-0.05, 0) is 42.8 Å². The first-order valence-corrected chi connectivity index (χ1v) is 7.56. The number of benzene rings is 1. The van der Waals surface area contributed by atoms with Gasteiger partial charge in [-0.25, -0.2) is 4.68 Å². The number of hydrogen-bond acceptors (Lipinski definition) is 5. The maximum atomic E-state index is 12.6. The number of aryl methyl sites for hydroxylation is 2. The normalized spacial score (nSPS) is 12.1. The summed E-state index contributed by atoms with van der Waals surface area (Å²) in [5, 5.41) is 11.8. The molecule has 1 unspecified atom stereocenters. The molecular weight excluding hydrogens is 284 g/mol. The van der Waals surface area contributed by atoms with Gasteiger partial charge in [-0.3, -0.25) is 4.79 Å². The lowest BCUT2D eigenvalue weighted by atomic mass is 10.0. The van der Waals surface area contributed by atoms with E-state index in [0.29, 0.717) is 11.7 Å². The van der Waals surface area contributed by atoms with Gasteiger partial charge in [0.1, 0.15) is 0 Å². The van der Waals surface area contributed by atoms with E-state index in [0.717, 1.165) is 16.7 Å². The molecule has 1 aromatic heterocycles. The monoisotopic (exact) mass is 302 g/mol. The summed E-state index contributed by atoms with van der Waals surface area (Å²) in [5.41, 5.74) is 2.83. The van der Waals surface area contributed by atoms with Crippen molar-refractivity contribution in [3.8, 4) is 0 Å². The Labute approximate surface area is 128 Å². The van der Waals surface area contributed by atoms with Crippen LogP contribution in [-0.2, 0) is 6.54 Å². The van der Waals surface area contributed by atoms with Crippen LogP contribution in [0.5, 0.6) is 0 Å². The highest BCUT2D eigenvalue weighted by molar-refractivity contribution is 8.00. The minimum atomic E-state index is -0.250. The lowest BCUT2D eigenvalue weighted by Gasteiger charge is -2.12. The van der Waals surface area contributed by atoms with Gasteiger partial charge in [0.05, 0.1) is 11.8 Å². The quantitative estimate of drug-likeness (QED) is 0.466. The van der Waals surface area contributed by atoms with E-state index in [2.05, 4.69) is 22.1 Å². The van der Waals surface area contributed by atoms with Gasteiger partial charge < -0.3 is 0 Å². The summed E-state index contributed by atoms with van der Waals surface area (Å²) < 4.78 is 1.63. The number of rotatable bonds is 6. The number of Topliss-reactive ketones (excluding diaryl/α,β-unsaturated/α-hetero) is 1. The molecule has 0 aliphatic carbocycles. The Bertz CT molecular complexity index is 665. The lowest BCUT2D eigenvalue weighted by molar-refractivity contribution is 0.0993. The highest BCUT2D eigenvalue weighted by Crippen LogP contribution is 2.24. The molecule has 0 saturated heterocycles. The summed E-state index contributed by atoms with van der Waals surface area (Å²) in [6.07, 6.45) is 1.72. The van der Waals surface area contributed by atoms with Crippen molar-refractivity contribution in [3.63, 3.8) is 0 Å². The third-order valence-electron chi connectivity index (χ3n) is 3.11. The van der Waals surface area contributed by atoms with E-state index in [1.165, 1.54) is 11.8 Å². The number of hydrogen-bond donors (Lipinski definition) is 0. The molecule has 5 nitrogen and oxygen atoms in total. The molecule has 0 N–H and O–H groups in total. The first-order valence-electron chi connectivity index (χ1n) is 6.68. The van der Waals surface area contributed by atoms with Crippen molar-refractivity contribution in [2.24, 2.45) is 0 Å². The van der Waals surface area contributed by atoms with Crippen molar-refractivity contribution in [1.82, 2.24) is 20.2 Å². The first kappa shape index (κ1) is 15.4. The second kappa shape index (κ2) is 6.67. The number of carbonyl (C=O) groups is 1. The molecule has 21 heavy (non-hydrogen) atoms. The third-order valence-corrected chi connectivity index (χ3v) is 4.18. The van der Waals surface area contributed by atoms with Gasteiger partial charge in [-0.1, -0.05) is 35.5 Å². The SMILES string of the molecule is C=CCn1nnnc1SC(C)C(=O)c1cc(C)ccc1C. The Morgan fingerprint density at radius 2 is 2.24 bits per heavy atom. The van der Waals surface area contributed by atoms with Crippen molar-refractivity contribution in [3.05, 3.63) is 47.5 Å². The molecule has 0 amide bonds. The minimum absolute atomic E-state index is 0.0920. The Hall–Kier alpha value is -1.95. The molecule has 0 aliphatic heterocycles. The zero-order valence-corrected chi connectivity index (χ0v) is 13.2. The fourth-order valence-corrected chi connectivity index (χ4v) is 2.82. The number of tetrazole rings is 1. The van der Waals surface area contributed by atoms with Crippen LogP contribution >= 0.6 is 11.8 Å². The van der Waals surface area contributed by atoms with Crippen LogP contribution in [-0.4, -0.2) is 31.2 Å². The number of thioether (sulfide) groups is 1. The van der Waals surface area contributed by atoms with Crippen molar-refractivity contribution in [2.75, 3.05) is 0 Å². The molecule has 110 valence electrons.